The molecule has 2 saturated heterocycles. The molecule has 0 unspecified atom stereocenters. The third-order valence-electron chi connectivity index (χ3n) is 6.37. The maximum Gasteiger partial charge on any atom is 0.407 e. The summed E-state index contributed by atoms with van der Waals surface area (Å²) in [6.45, 7) is 13.9. The Morgan fingerprint density at radius 1 is 1.26 bits per heavy atom. The summed E-state index contributed by atoms with van der Waals surface area (Å²) in [5.74, 6) is 0.0543. The zero-order valence-electron chi connectivity index (χ0n) is 17.1. The summed E-state index contributed by atoms with van der Waals surface area (Å²) in [5, 5.41) is 9.23. The summed E-state index contributed by atoms with van der Waals surface area (Å²) in [6, 6.07) is 0.122. The molecular weight excluding hydrogens is 364 g/mol. The standard InChI is InChI=1S/C18H32N4O4Si/c1-18(2,3)27(4,5)26-13-19-10-15-16(23)22(12-21(15)11-19)14-6-8-20(9-7-14)17(24)25/h10,14H,6-9,11-13H2,1-5H3,(H,24,25). The summed E-state index contributed by atoms with van der Waals surface area (Å²) in [7, 11) is -1.82. The molecule has 0 bridgehead atoms. The number of rotatable bonds is 4. The first-order valence-corrected chi connectivity index (χ1v) is 12.5. The van der Waals surface area contributed by atoms with Gasteiger partial charge in [-0.15, -0.1) is 0 Å². The molecule has 0 atom stereocenters. The van der Waals surface area contributed by atoms with Gasteiger partial charge in [-0.05, 0) is 31.0 Å². The van der Waals surface area contributed by atoms with Gasteiger partial charge in [0.2, 0.25) is 0 Å². The van der Waals surface area contributed by atoms with E-state index in [2.05, 4.69) is 43.7 Å². The van der Waals surface area contributed by atoms with Gasteiger partial charge in [0.1, 0.15) is 12.4 Å². The quantitative estimate of drug-likeness (QED) is 0.735. The number of piperidine rings is 1. The second kappa shape index (κ2) is 7.01. The number of hydrogen-bond donors (Lipinski definition) is 1. The SMILES string of the molecule is CC(C)(C)[Si](C)(C)OCN1C=C2C(=O)N(C3CCN(C(=O)O)CC3)CN2C1. The molecule has 2 amide bonds. The number of carbonyl (C=O) groups excluding carboxylic acids is 1. The van der Waals surface area contributed by atoms with Gasteiger partial charge in [0.25, 0.3) is 5.91 Å². The van der Waals surface area contributed by atoms with Crippen LogP contribution in [0.25, 0.3) is 0 Å². The maximum atomic E-state index is 12.8. The van der Waals surface area contributed by atoms with Crippen molar-refractivity contribution in [1.29, 1.82) is 0 Å². The van der Waals surface area contributed by atoms with Gasteiger partial charge in [-0.2, -0.15) is 0 Å². The van der Waals surface area contributed by atoms with E-state index in [1.54, 1.807) is 0 Å². The van der Waals surface area contributed by atoms with E-state index in [4.69, 9.17) is 9.53 Å². The van der Waals surface area contributed by atoms with Gasteiger partial charge >= 0.3 is 6.09 Å². The van der Waals surface area contributed by atoms with Crippen molar-refractivity contribution < 1.29 is 19.1 Å². The molecule has 3 rings (SSSR count). The number of amides is 2. The van der Waals surface area contributed by atoms with Crippen molar-refractivity contribution in [2.45, 2.75) is 57.8 Å². The number of likely N-dealkylation sites (tertiary alicyclic amines) is 1. The second-order valence-corrected chi connectivity index (χ2v) is 14.0. The van der Waals surface area contributed by atoms with Crippen molar-refractivity contribution in [3.05, 3.63) is 11.9 Å². The molecule has 152 valence electrons. The highest BCUT2D eigenvalue weighted by Crippen LogP contribution is 2.37. The van der Waals surface area contributed by atoms with Crippen molar-refractivity contribution in [2.24, 2.45) is 0 Å². The molecule has 9 heteroatoms. The first-order chi connectivity index (χ1) is 12.5. The monoisotopic (exact) mass is 396 g/mol. The third kappa shape index (κ3) is 3.94. The zero-order valence-corrected chi connectivity index (χ0v) is 18.1. The molecule has 27 heavy (non-hydrogen) atoms. The van der Waals surface area contributed by atoms with Crippen LogP contribution in [0.15, 0.2) is 11.9 Å². The lowest BCUT2D eigenvalue weighted by atomic mass is 10.0. The Balaban J connectivity index is 1.56. The average molecular weight is 397 g/mol. The molecule has 0 radical (unpaired) electrons. The maximum absolute atomic E-state index is 12.8. The summed E-state index contributed by atoms with van der Waals surface area (Å²) in [6.07, 6.45) is 2.46. The van der Waals surface area contributed by atoms with Gasteiger partial charge < -0.3 is 29.1 Å². The Kier molecular flexibility index (Phi) is 5.19. The minimum Gasteiger partial charge on any atom is -0.465 e. The number of fused-ring (bicyclic) bond motifs is 1. The predicted molar refractivity (Wildman–Crippen MR) is 104 cm³/mol. The van der Waals surface area contributed by atoms with Crippen LogP contribution in [-0.2, 0) is 9.22 Å². The molecule has 0 aromatic heterocycles. The largest absolute Gasteiger partial charge is 0.465 e. The van der Waals surface area contributed by atoms with Crippen LogP contribution in [0.4, 0.5) is 4.79 Å². The van der Waals surface area contributed by atoms with Crippen molar-refractivity contribution in [1.82, 2.24) is 19.6 Å². The third-order valence-corrected chi connectivity index (χ3v) is 10.8. The van der Waals surface area contributed by atoms with Crippen LogP contribution in [0.2, 0.25) is 18.1 Å². The summed E-state index contributed by atoms with van der Waals surface area (Å²) in [4.78, 5) is 31.4. The number of nitrogens with zero attached hydrogens (tertiary/aromatic N) is 4. The van der Waals surface area contributed by atoms with Crippen molar-refractivity contribution in [2.75, 3.05) is 33.2 Å². The van der Waals surface area contributed by atoms with Crippen LogP contribution in [0.1, 0.15) is 33.6 Å². The molecule has 0 aromatic rings. The first-order valence-electron chi connectivity index (χ1n) is 9.63. The van der Waals surface area contributed by atoms with Crippen LogP contribution in [0.5, 0.6) is 0 Å². The Hall–Kier alpha value is -1.74. The van der Waals surface area contributed by atoms with E-state index in [-0.39, 0.29) is 17.0 Å². The molecule has 3 aliphatic heterocycles. The fourth-order valence-electron chi connectivity index (χ4n) is 3.49. The molecular formula is C18H32N4O4Si. The van der Waals surface area contributed by atoms with Crippen LogP contribution in [0, 0.1) is 0 Å². The van der Waals surface area contributed by atoms with Crippen LogP contribution in [-0.4, -0.2) is 84.2 Å². The summed E-state index contributed by atoms with van der Waals surface area (Å²) in [5.41, 5.74) is 0.731. The molecule has 3 heterocycles. The van der Waals surface area contributed by atoms with Crippen molar-refractivity contribution >= 4 is 20.3 Å². The number of carbonyl (C=O) groups is 2. The predicted octanol–water partition coefficient (Wildman–Crippen LogP) is 2.32. The Morgan fingerprint density at radius 3 is 2.41 bits per heavy atom. The Labute approximate surface area is 162 Å². The molecule has 2 fully saturated rings. The number of carboxylic acid groups (broad SMARTS) is 1. The lowest BCUT2D eigenvalue weighted by molar-refractivity contribution is -0.127. The van der Waals surface area contributed by atoms with Crippen LogP contribution < -0.4 is 0 Å². The normalized spacial score (nSPS) is 21.8. The van der Waals surface area contributed by atoms with Crippen molar-refractivity contribution in [3.8, 4) is 0 Å². The molecule has 1 N–H and O–H groups in total. The van der Waals surface area contributed by atoms with Gasteiger partial charge in [-0.3, -0.25) is 4.79 Å². The van der Waals surface area contributed by atoms with Gasteiger partial charge in [0.05, 0.1) is 13.3 Å². The number of hydrogen-bond acceptors (Lipinski definition) is 5. The zero-order chi connectivity index (χ0) is 20.0. The smallest absolute Gasteiger partial charge is 0.407 e. The van der Waals surface area contributed by atoms with E-state index < -0.39 is 14.4 Å². The van der Waals surface area contributed by atoms with E-state index >= 15 is 0 Å². The summed E-state index contributed by atoms with van der Waals surface area (Å²) >= 11 is 0. The highest BCUT2D eigenvalue weighted by atomic mass is 28.4. The van der Waals surface area contributed by atoms with E-state index in [0.29, 0.717) is 46.0 Å². The minimum absolute atomic E-state index is 0.0543. The lowest BCUT2D eigenvalue weighted by Crippen LogP contribution is -2.48. The van der Waals surface area contributed by atoms with Gasteiger partial charge in [0.15, 0.2) is 8.32 Å². The molecule has 0 aromatic carbocycles. The second-order valence-electron chi connectivity index (χ2n) is 9.24. The fraction of sp³-hybridized carbons (Fsp3) is 0.778. The highest BCUT2D eigenvalue weighted by molar-refractivity contribution is 6.74. The molecule has 8 nitrogen and oxygen atoms in total. The van der Waals surface area contributed by atoms with E-state index in [9.17, 15) is 9.59 Å². The Morgan fingerprint density at radius 2 is 1.89 bits per heavy atom. The minimum atomic E-state index is -1.82. The molecule has 0 saturated carbocycles. The first kappa shape index (κ1) is 20.0. The van der Waals surface area contributed by atoms with E-state index in [0.717, 1.165) is 5.70 Å². The highest BCUT2D eigenvalue weighted by Gasteiger charge is 2.42. The van der Waals surface area contributed by atoms with Crippen molar-refractivity contribution in [3.63, 3.8) is 0 Å². The molecule has 0 spiro atoms. The van der Waals surface area contributed by atoms with Crippen LogP contribution >= 0.6 is 0 Å². The van der Waals surface area contributed by atoms with Gasteiger partial charge in [0, 0.05) is 25.3 Å². The van der Waals surface area contributed by atoms with Crippen LogP contribution in [0.3, 0.4) is 0 Å². The fourth-order valence-corrected chi connectivity index (χ4v) is 4.41. The van der Waals surface area contributed by atoms with E-state index in [1.807, 2.05) is 11.1 Å². The van der Waals surface area contributed by atoms with Gasteiger partial charge in [-0.1, -0.05) is 20.8 Å². The van der Waals surface area contributed by atoms with E-state index in [1.165, 1.54) is 4.90 Å². The lowest BCUT2D eigenvalue weighted by Gasteiger charge is -2.38. The average Bonchev–Trinajstić information content (AvgIpc) is 3.11. The Bertz CT molecular complexity index is 638. The molecule has 0 aliphatic carbocycles. The summed E-state index contributed by atoms with van der Waals surface area (Å²) < 4.78 is 6.26. The topological polar surface area (TPSA) is 76.6 Å². The van der Waals surface area contributed by atoms with Gasteiger partial charge in [-0.25, -0.2) is 4.79 Å². The molecule has 3 aliphatic rings.